The quantitative estimate of drug-likeness (QED) is 0.656. The number of nitrogens with one attached hydrogen (secondary N) is 2. The molecule has 0 aliphatic rings. The van der Waals surface area contributed by atoms with Crippen molar-refractivity contribution >= 4 is 17.1 Å². The van der Waals surface area contributed by atoms with Crippen LogP contribution < -0.4 is 16.6 Å². The van der Waals surface area contributed by atoms with Crippen LogP contribution in [0.25, 0.3) is 11.2 Å². The first kappa shape index (κ1) is 18.2. The number of aliphatic hydroxyl groups is 1. The van der Waals surface area contributed by atoms with Crippen LogP contribution in [0.3, 0.4) is 0 Å². The van der Waals surface area contributed by atoms with E-state index in [2.05, 4.69) is 15.3 Å². The van der Waals surface area contributed by atoms with Crippen molar-refractivity contribution in [2.75, 3.05) is 11.9 Å². The van der Waals surface area contributed by atoms with Crippen LogP contribution in [0.2, 0.25) is 0 Å². The maximum absolute atomic E-state index is 12.2. The van der Waals surface area contributed by atoms with E-state index in [4.69, 9.17) is 4.74 Å². The lowest BCUT2D eigenvalue weighted by molar-refractivity contribution is -0.000113. The second kappa shape index (κ2) is 7.18. The maximum Gasteiger partial charge on any atom is 0.329 e. The topological polar surface area (TPSA) is 114 Å². The van der Waals surface area contributed by atoms with Crippen LogP contribution in [0.5, 0.6) is 0 Å². The average molecular weight is 339 g/mol. The van der Waals surface area contributed by atoms with Crippen LogP contribution in [-0.2, 0) is 18.3 Å². The Balaban J connectivity index is 2.50. The van der Waals surface area contributed by atoms with Gasteiger partial charge in [-0.25, -0.2) is 4.79 Å². The number of fused-ring (bicyclic) bond motifs is 1. The van der Waals surface area contributed by atoms with E-state index in [1.165, 1.54) is 11.6 Å². The van der Waals surface area contributed by atoms with Crippen molar-refractivity contribution in [2.45, 2.75) is 52.5 Å². The zero-order valence-electron chi connectivity index (χ0n) is 14.7. The number of ether oxygens (including phenoxy) is 1. The SMILES string of the molecule is CC(C)Nc1nc2c(c(=O)[nH]c(=O)n2C)n1CC(O)COC(C)C. The summed E-state index contributed by atoms with van der Waals surface area (Å²) in [5, 5.41) is 13.4. The summed E-state index contributed by atoms with van der Waals surface area (Å²) < 4.78 is 8.27. The van der Waals surface area contributed by atoms with Gasteiger partial charge >= 0.3 is 5.69 Å². The molecule has 9 nitrogen and oxygen atoms in total. The van der Waals surface area contributed by atoms with Crippen LogP contribution in [0.1, 0.15) is 27.7 Å². The summed E-state index contributed by atoms with van der Waals surface area (Å²) in [6.07, 6.45) is -0.814. The number of aromatic nitrogens is 4. The number of aryl methyl sites for hydroxylation is 1. The minimum Gasteiger partial charge on any atom is -0.389 e. The van der Waals surface area contributed by atoms with Gasteiger partial charge in [-0.3, -0.25) is 14.3 Å². The third-order valence-corrected chi connectivity index (χ3v) is 3.44. The molecule has 1 atom stereocenters. The van der Waals surface area contributed by atoms with E-state index in [1.807, 2.05) is 27.7 Å². The fourth-order valence-electron chi connectivity index (χ4n) is 2.35. The lowest BCUT2D eigenvalue weighted by Crippen LogP contribution is -2.31. The first-order valence-corrected chi connectivity index (χ1v) is 7.96. The molecule has 0 aliphatic carbocycles. The van der Waals surface area contributed by atoms with Gasteiger partial charge in [0.1, 0.15) is 0 Å². The summed E-state index contributed by atoms with van der Waals surface area (Å²) in [5.74, 6) is 0.426. The zero-order chi connectivity index (χ0) is 18.0. The number of hydrogen-bond acceptors (Lipinski definition) is 6. The van der Waals surface area contributed by atoms with Gasteiger partial charge in [0.25, 0.3) is 5.56 Å². The summed E-state index contributed by atoms with van der Waals surface area (Å²) >= 11 is 0. The third-order valence-electron chi connectivity index (χ3n) is 3.44. The highest BCUT2D eigenvalue weighted by molar-refractivity contribution is 5.74. The molecule has 0 spiro atoms. The minimum absolute atomic E-state index is 0.00309. The molecule has 0 aliphatic heterocycles. The van der Waals surface area contributed by atoms with Crippen LogP contribution in [0, 0.1) is 0 Å². The fourth-order valence-corrected chi connectivity index (χ4v) is 2.35. The Morgan fingerprint density at radius 1 is 1.29 bits per heavy atom. The summed E-state index contributed by atoms with van der Waals surface area (Å²) in [4.78, 5) is 30.6. The van der Waals surface area contributed by atoms with Crippen molar-refractivity contribution in [1.29, 1.82) is 0 Å². The van der Waals surface area contributed by atoms with Crippen molar-refractivity contribution in [2.24, 2.45) is 7.05 Å². The van der Waals surface area contributed by atoms with Crippen LogP contribution in [0.15, 0.2) is 9.59 Å². The second-order valence-corrected chi connectivity index (χ2v) is 6.37. The molecule has 2 aromatic heterocycles. The number of aromatic amines is 1. The van der Waals surface area contributed by atoms with E-state index in [-0.39, 0.29) is 36.5 Å². The van der Waals surface area contributed by atoms with E-state index in [0.29, 0.717) is 5.95 Å². The Morgan fingerprint density at radius 3 is 2.54 bits per heavy atom. The molecule has 0 fully saturated rings. The molecular formula is C15H25N5O4. The Morgan fingerprint density at radius 2 is 1.96 bits per heavy atom. The Bertz CT molecular complexity index is 818. The smallest absolute Gasteiger partial charge is 0.329 e. The molecule has 24 heavy (non-hydrogen) atoms. The first-order valence-electron chi connectivity index (χ1n) is 7.96. The molecule has 2 heterocycles. The number of imidazole rings is 1. The van der Waals surface area contributed by atoms with Crippen molar-refractivity contribution in [3.63, 3.8) is 0 Å². The van der Waals surface area contributed by atoms with Crippen LogP contribution in [0.4, 0.5) is 5.95 Å². The number of H-pyrrole nitrogens is 1. The van der Waals surface area contributed by atoms with E-state index < -0.39 is 17.4 Å². The number of nitrogens with zero attached hydrogens (tertiary/aromatic N) is 3. The van der Waals surface area contributed by atoms with Gasteiger partial charge in [-0.1, -0.05) is 0 Å². The van der Waals surface area contributed by atoms with Gasteiger partial charge in [0.05, 0.1) is 25.4 Å². The van der Waals surface area contributed by atoms with Crippen LogP contribution in [-0.4, -0.2) is 49.1 Å². The highest BCUT2D eigenvalue weighted by Gasteiger charge is 2.20. The van der Waals surface area contributed by atoms with E-state index >= 15 is 0 Å². The largest absolute Gasteiger partial charge is 0.389 e. The van der Waals surface area contributed by atoms with E-state index in [1.54, 1.807) is 4.57 Å². The molecular weight excluding hydrogens is 314 g/mol. The molecule has 134 valence electrons. The van der Waals surface area contributed by atoms with Gasteiger partial charge in [0.15, 0.2) is 11.2 Å². The number of rotatable bonds is 7. The lowest BCUT2D eigenvalue weighted by atomic mass is 10.3. The zero-order valence-corrected chi connectivity index (χ0v) is 14.7. The molecule has 0 radical (unpaired) electrons. The summed E-state index contributed by atoms with van der Waals surface area (Å²) in [6.45, 7) is 7.90. The minimum atomic E-state index is -0.811. The third kappa shape index (κ3) is 3.85. The Hall–Kier alpha value is -2.13. The van der Waals surface area contributed by atoms with E-state index in [0.717, 1.165) is 0 Å². The molecule has 0 amide bonds. The average Bonchev–Trinajstić information content (AvgIpc) is 2.81. The maximum atomic E-state index is 12.2. The molecule has 2 rings (SSSR count). The second-order valence-electron chi connectivity index (χ2n) is 6.37. The van der Waals surface area contributed by atoms with Gasteiger partial charge in [-0.05, 0) is 27.7 Å². The molecule has 0 aromatic carbocycles. The lowest BCUT2D eigenvalue weighted by Gasteiger charge is -2.17. The molecule has 1 unspecified atom stereocenters. The molecule has 2 aromatic rings. The van der Waals surface area contributed by atoms with Crippen molar-refractivity contribution in [3.8, 4) is 0 Å². The standard InChI is InChI=1S/C15H25N5O4/c1-8(2)16-14-17-12-11(13(22)18-15(23)19(12)5)20(14)6-10(21)7-24-9(3)4/h8-10,21H,6-7H2,1-5H3,(H,16,17)(H,18,22,23). The van der Waals surface area contributed by atoms with Crippen molar-refractivity contribution < 1.29 is 9.84 Å². The van der Waals surface area contributed by atoms with Gasteiger partial charge in [-0.2, -0.15) is 4.98 Å². The van der Waals surface area contributed by atoms with Gasteiger partial charge < -0.3 is 19.7 Å². The van der Waals surface area contributed by atoms with Gasteiger partial charge in [0.2, 0.25) is 5.95 Å². The van der Waals surface area contributed by atoms with Crippen molar-refractivity contribution in [3.05, 3.63) is 20.8 Å². The van der Waals surface area contributed by atoms with Crippen LogP contribution >= 0.6 is 0 Å². The summed E-state index contributed by atoms with van der Waals surface area (Å²) in [5.41, 5.74) is -0.556. The highest BCUT2D eigenvalue weighted by Crippen LogP contribution is 2.17. The fraction of sp³-hybridized carbons (Fsp3) is 0.667. The van der Waals surface area contributed by atoms with Gasteiger partial charge in [-0.15, -0.1) is 0 Å². The molecule has 0 bridgehead atoms. The predicted molar refractivity (Wildman–Crippen MR) is 91.4 cm³/mol. The number of anilines is 1. The Labute approximate surface area is 139 Å². The molecule has 0 saturated heterocycles. The predicted octanol–water partition coefficient (Wildman–Crippen LogP) is 0.0295. The molecule has 0 saturated carbocycles. The highest BCUT2D eigenvalue weighted by atomic mass is 16.5. The van der Waals surface area contributed by atoms with Gasteiger partial charge in [0, 0.05) is 13.1 Å². The Kier molecular flexibility index (Phi) is 5.45. The number of hydrogen-bond donors (Lipinski definition) is 3. The summed E-state index contributed by atoms with van der Waals surface area (Å²) in [7, 11) is 1.54. The van der Waals surface area contributed by atoms with Crippen molar-refractivity contribution in [1.82, 2.24) is 19.1 Å². The first-order chi connectivity index (χ1) is 11.2. The molecule has 9 heteroatoms. The molecule has 3 N–H and O–H groups in total. The monoisotopic (exact) mass is 339 g/mol. The van der Waals surface area contributed by atoms with E-state index in [9.17, 15) is 14.7 Å². The number of aliphatic hydroxyl groups excluding tert-OH is 1. The summed E-state index contributed by atoms with van der Waals surface area (Å²) in [6, 6.07) is 0.0701. The normalized spacial score (nSPS) is 13.2.